The summed E-state index contributed by atoms with van der Waals surface area (Å²) in [5, 5.41) is 89.7. The molecule has 3 saturated heterocycles. The SMILES string of the molecule is CCCCOC[C@H]1O[C@H](O[C@H]2[C@H](O[C@@H]3O[C@H](CO[Si](c4ccccc4)(c4ccccc4)C(C)(C)C)[C@@H](O[C@H]4O[C@@H](CNC(=O)OCc5ccccc5)[C@@H](O)[C@H](O)[C@H]4NC(=O)OCc4ccccc4)[C@H]3O)[C@@H](O)[C@H](NC(=O)[C@H](CCN)OC(=O)c3ccccc3)C[C@@H]2NC(=O)OCc2ccccc2)[C@H](NC(=O)OCc2ccccc2)[C@@H](O)[C@@H]1O. The monoisotopic (exact) mass is 1650 g/mol. The standard InChI is InChI=1S/C86H106N6O25Si/c1-5-6-44-105-51-64-70(95)72(97)67(92-85(104)109-50-56-34-20-10-21-35-56)80(113-64)115-74-61(90-83(102)107-48-54-30-16-8-17-31-54)45-60(89-77(99)62(42-43-87)111-78(100)57-36-22-11-23-37-57)68(93)76(74)117-81-73(98)75(65(114-81)52-110-118(86(2,3)4,58-38-24-12-25-39-58)59-40-26-13-27-41-59)116-79-66(91-84(103)108-49-55-32-18-9-19-33-55)71(96)69(94)63(112-79)46-88-82(101)106-47-53-28-14-7-15-29-53/h7-41,60-76,79-81,93-98H,5-6,42-52,87H2,1-4H3,(H,88,101)(H,89,99)(H,90,102)(H,91,103)(H,92,104)/t60-,61+,62+,63+,64-,65-,66-,67-,68+,69-,70-,71-,72-,73-,74-,75-,76-,79-,80-,81+/m1/s1. The molecule has 4 aliphatic rings. The molecule has 1 aliphatic carbocycles. The van der Waals surface area contributed by atoms with Crippen LogP contribution in [-0.4, -0.2) is 231 Å². The number of benzene rings is 7. The number of nitrogens with two attached hydrogens (primary N) is 1. The third-order valence-electron chi connectivity index (χ3n) is 20.8. The van der Waals surface area contributed by atoms with E-state index in [4.69, 9.17) is 67.0 Å². The lowest BCUT2D eigenvalue weighted by molar-refractivity contribution is -0.315. The van der Waals surface area contributed by atoms with Gasteiger partial charge in [0.05, 0.1) is 30.9 Å². The molecule has 20 atom stereocenters. The largest absolute Gasteiger partial charge is 0.449 e. The van der Waals surface area contributed by atoms with Crippen LogP contribution in [0.5, 0.6) is 0 Å². The third-order valence-corrected chi connectivity index (χ3v) is 25.8. The summed E-state index contributed by atoms with van der Waals surface area (Å²) in [5.74, 6) is -1.87. The molecular weight excluding hydrogens is 1550 g/mol. The van der Waals surface area contributed by atoms with Gasteiger partial charge in [0.1, 0.15) is 112 Å². The molecular formula is C86H106N6O25Si. The molecule has 11 rings (SSSR count). The molecule has 4 fully saturated rings. The molecule has 7 aromatic carbocycles. The van der Waals surface area contributed by atoms with Gasteiger partial charge in [-0.25, -0.2) is 24.0 Å². The molecule has 3 aliphatic heterocycles. The number of esters is 1. The first-order valence-corrected chi connectivity index (χ1v) is 41.4. The van der Waals surface area contributed by atoms with Gasteiger partial charge in [0.25, 0.3) is 14.2 Å². The summed E-state index contributed by atoms with van der Waals surface area (Å²) in [7, 11) is -3.66. The van der Waals surface area contributed by atoms with E-state index in [1.807, 2.05) is 88.4 Å². The zero-order valence-corrected chi connectivity index (χ0v) is 67.0. The van der Waals surface area contributed by atoms with E-state index in [1.54, 1.807) is 140 Å². The quantitative estimate of drug-likeness (QED) is 0.0106. The number of hydrogen-bond acceptors (Lipinski definition) is 26. The van der Waals surface area contributed by atoms with E-state index < -0.39 is 192 Å². The minimum absolute atomic E-state index is 0.0922. The zero-order chi connectivity index (χ0) is 83.7. The Morgan fingerprint density at radius 3 is 1.36 bits per heavy atom. The zero-order valence-electron chi connectivity index (χ0n) is 66.0. The van der Waals surface area contributed by atoms with E-state index in [0.717, 1.165) is 16.8 Å². The fourth-order valence-corrected chi connectivity index (χ4v) is 19.2. The van der Waals surface area contributed by atoms with Crippen molar-refractivity contribution in [1.82, 2.24) is 26.6 Å². The number of alkyl carbamates (subject to hydrolysis) is 4. The summed E-state index contributed by atoms with van der Waals surface area (Å²) < 4.78 is 82.9. The molecule has 0 bridgehead atoms. The van der Waals surface area contributed by atoms with Crippen LogP contribution in [0.1, 0.15) is 86.0 Å². The Balaban J connectivity index is 1.01. The molecule has 634 valence electrons. The van der Waals surface area contributed by atoms with Crippen molar-refractivity contribution in [3.05, 3.63) is 240 Å². The van der Waals surface area contributed by atoms with Crippen LogP contribution < -0.4 is 42.7 Å². The second-order valence-corrected chi connectivity index (χ2v) is 34.5. The van der Waals surface area contributed by atoms with Gasteiger partial charge in [-0.05, 0) is 69.2 Å². The van der Waals surface area contributed by atoms with Crippen LogP contribution in [0.25, 0.3) is 0 Å². The first kappa shape index (κ1) is 89.0. The fraction of sp³-hybridized carbons (Fsp3) is 0.442. The van der Waals surface area contributed by atoms with Gasteiger partial charge >= 0.3 is 30.3 Å². The minimum Gasteiger partial charge on any atom is -0.449 e. The second-order valence-electron chi connectivity index (χ2n) is 30.2. The number of unbranched alkanes of at least 4 members (excludes halogenated alkanes) is 1. The van der Waals surface area contributed by atoms with Crippen LogP contribution >= 0.6 is 0 Å². The van der Waals surface area contributed by atoms with Gasteiger partial charge in [-0.15, -0.1) is 0 Å². The van der Waals surface area contributed by atoms with E-state index in [9.17, 15) is 59.4 Å². The molecule has 0 radical (unpaired) electrons. The first-order valence-electron chi connectivity index (χ1n) is 39.5. The van der Waals surface area contributed by atoms with Crippen molar-refractivity contribution >= 4 is 54.9 Å². The van der Waals surface area contributed by atoms with E-state index in [0.29, 0.717) is 28.7 Å². The van der Waals surface area contributed by atoms with Crippen LogP contribution in [-0.2, 0) is 92.5 Å². The number of aliphatic hydroxyl groups excluding tert-OH is 6. The average Bonchev–Trinajstić information content (AvgIpc) is 1.07. The molecule has 118 heavy (non-hydrogen) atoms. The maximum absolute atomic E-state index is 15.0. The number of hydrogen-bond donors (Lipinski definition) is 12. The highest BCUT2D eigenvalue weighted by Crippen LogP contribution is 2.41. The predicted molar refractivity (Wildman–Crippen MR) is 427 cm³/mol. The highest BCUT2D eigenvalue weighted by molar-refractivity contribution is 6.99. The number of rotatable bonds is 35. The molecule has 0 spiro atoms. The van der Waals surface area contributed by atoms with Crippen molar-refractivity contribution in [2.45, 2.75) is 207 Å². The van der Waals surface area contributed by atoms with Crippen LogP contribution in [0.4, 0.5) is 19.2 Å². The highest BCUT2D eigenvalue weighted by Gasteiger charge is 2.59. The van der Waals surface area contributed by atoms with Crippen molar-refractivity contribution in [2.24, 2.45) is 5.73 Å². The van der Waals surface area contributed by atoms with Crippen LogP contribution in [0, 0.1) is 0 Å². The predicted octanol–water partition coefficient (Wildman–Crippen LogP) is 5.15. The number of carbonyl (C=O) groups excluding carboxylic acids is 6. The lowest BCUT2D eigenvalue weighted by atomic mass is 9.83. The van der Waals surface area contributed by atoms with Crippen LogP contribution in [0.3, 0.4) is 0 Å². The lowest BCUT2D eigenvalue weighted by Gasteiger charge is -2.49. The topological polar surface area (TPSA) is 430 Å². The smallest absolute Gasteiger partial charge is 0.407 e. The van der Waals surface area contributed by atoms with Crippen LogP contribution in [0.2, 0.25) is 5.04 Å². The van der Waals surface area contributed by atoms with E-state index in [1.165, 1.54) is 12.1 Å². The Kier molecular flexibility index (Phi) is 32.6. The van der Waals surface area contributed by atoms with E-state index in [2.05, 4.69) is 26.6 Å². The van der Waals surface area contributed by atoms with Gasteiger partial charge in [0.2, 0.25) is 0 Å². The van der Waals surface area contributed by atoms with Gasteiger partial charge in [-0.3, -0.25) is 4.79 Å². The fourth-order valence-electron chi connectivity index (χ4n) is 14.6. The maximum Gasteiger partial charge on any atom is 0.407 e. The molecule has 5 amide bonds. The number of carbonyl (C=O) groups is 6. The summed E-state index contributed by atoms with van der Waals surface area (Å²) >= 11 is 0. The van der Waals surface area contributed by atoms with Crippen molar-refractivity contribution in [1.29, 1.82) is 0 Å². The molecule has 32 heteroatoms. The number of ether oxygens (including phenoxy) is 12. The van der Waals surface area contributed by atoms with Gasteiger partial charge in [0, 0.05) is 19.6 Å². The second kappa shape index (κ2) is 43.2. The molecule has 3 heterocycles. The molecule has 13 N–H and O–H groups in total. The van der Waals surface area contributed by atoms with Gasteiger partial charge in [0.15, 0.2) is 25.0 Å². The first-order chi connectivity index (χ1) is 57.0. The molecule has 31 nitrogen and oxygen atoms in total. The Labute approximate surface area is 685 Å². The summed E-state index contributed by atoms with van der Waals surface area (Å²) in [4.78, 5) is 85.1. The lowest BCUT2D eigenvalue weighted by Crippen LogP contribution is -2.70. The molecule has 1 saturated carbocycles. The Morgan fingerprint density at radius 2 is 0.890 bits per heavy atom. The average molecular weight is 1650 g/mol. The Hall–Kier alpha value is -9.82. The van der Waals surface area contributed by atoms with Crippen molar-refractivity contribution in [3.8, 4) is 0 Å². The molecule has 7 aromatic rings. The summed E-state index contributed by atoms with van der Waals surface area (Å²) in [6.07, 6.45) is -33.4. The summed E-state index contributed by atoms with van der Waals surface area (Å²) in [5.41, 5.74) is 8.56. The van der Waals surface area contributed by atoms with Crippen molar-refractivity contribution < 1.29 is 121 Å². The van der Waals surface area contributed by atoms with Crippen molar-refractivity contribution in [2.75, 3.05) is 32.9 Å². The van der Waals surface area contributed by atoms with Crippen LogP contribution in [0.15, 0.2) is 212 Å². The number of nitrogens with one attached hydrogen (secondary N) is 5. The van der Waals surface area contributed by atoms with Gasteiger partial charge in [-0.1, -0.05) is 234 Å². The number of aliphatic hydroxyl groups is 6. The Morgan fingerprint density at radius 1 is 0.466 bits per heavy atom. The third kappa shape index (κ3) is 23.6. The van der Waals surface area contributed by atoms with E-state index in [-0.39, 0.29) is 58.2 Å². The number of amides is 5. The summed E-state index contributed by atoms with van der Waals surface area (Å²) in [6, 6.07) is 54.8. The van der Waals surface area contributed by atoms with Gasteiger partial charge in [-0.2, -0.15) is 0 Å². The maximum atomic E-state index is 15.0. The molecule has 0 unspecified atom stereocenters. The van der Waals surface area contributed by atoms with Gasteiger partial charge < -0.3 is 124 Å². The normalized spacial score (nSPS) is 26.6. The highest BCUT2D eigenvalue weighted by atomic mass is 28.4. The summed E-state index contributed by atoms with van der Waals surface area (Å²) in [6.45, 7) is 5.67. The minimum atomic E-state index is -3.66. The van der Waals surface area contributed by atoms with E-state index >= 15 is 0 Å². The molecule has 0 aromatic heterocycles. The Bertz CT molecular complexity index is 4220. The van der Waals surface area contributed by atoms with Crippen molar-refractivity contribution in [3.63, 3.8) is 0 Å².